The van der Waals surface area contributed by atoms with Gasteiger partial charge in [0.15, 0.2) is 0 Å². The standard InChI is InChI=1S/C12H15ClN4OS/c1-12(2,3)10(14)11(18)15-8-6(13)4-5-7-9(8)17-19-16-7/h4-5,10H,14H2,1-3H3,(H,15,18). The molecule has 2 rings (SSSR count). The van der Waals surface area contributed by atoms with Crippen LogP contribution in [-0.4, -0.2) is 20.7 Å². The molecular weight excluding hydrogens is 284 g/mol. The number of hydrogen-bond donors (Lipinski definition) is 2. The first-order chi connectivity index (χ1) is 8.80. The van der Waals surface area contributed by atoms with Gasteiger partial charge in [0, 0.05) is 0 Å². The number of nitrogens with zero attached hydrogens (tertiary/aromatic N) is 2. The van der Waals surface area contributed by atoms with Crippen molar-refractivity contribution in [3.63, 3.8) is 0 Å². The molecule has 2 aromatic rings. The van der Waals surface area contributed by atoms with Gasteiger partial charge in [-0.2, -0.15) is 8.75 Å². The third-order valence-corrected chi connectivity index (χ3v) is 3.70. The Labute approximate surface area is 120 Å². The van der Waals surface area contributed by atoms with E-state index >= 15 is 0 Å². The van der Waals surface area contributed by atoms with Crippen molar-refractivity contribution in [2.75, 3.05) is 5.32 Å². The Morgan fingerprint density at radius 1 is 1.42 bits per heavy atom. The first-order valence-corrected chi connectivity index (χ1v) is 6.89. The summed E-state index contributed by atoms with van der Waals surface area (Å²) in [6.07, 6.45) is 0. The van der Waals surface area contributed by atoms with Gasteiger partial charge in [0.05, 0.1) is 28.5 Å². The highest BCUT2D eigenvalue weighted by Gasteiger charge is 2.28. The van der Waals surface area contributed by atoms with Gasteiger partial charge in [0.1, 0.15) is 11.0 Å². The minimum Gasteiger partial charge on any atom is -0.322 e. The van der Waals surface area contributed by atoms with E-state index < -0.39 is 6.04 Å². The minimum absolute atomic E-state index is 0.282. The van der Waals surface area contributed by atoms with Crippen molar-refractivity contribution >= 4 is 46.0 Å². The van der Waals surface area contributed by atoms with Crippen LogP contribution in [0.1, 0.15) is 20.8 Å². The fourth-order valence-corrected chi connectivity index (χ4v) is 2.28. The van der Waals surface area contributed by atoms with Crippen molar-refractivity contribution in [2.24, 2.45) is 11.1 Å². The first-order valence-electron chi connectivity index (χ1n) is 5.78. The van der Waals surface area contributed by atoms with E-state index in [-0.39, 0.29) is 11.3 Å². The number of benzene rings is 1. The molecule has 3 N–H and O–H groups in total. The number of rotatable bonds is 2. The van der Waals surface area contributed by atoms with Gasteiger partial charge in [-0.3, -0.25) is 4.79 Å². The van der Waals surface area contributed by atoms with Crippen LogP contribution < -0.4 is 11.1 Å². The number of nitrogens with two attached hydrogens (primary N) is 1. The Bertz CT molecular complexity index is 620. The van der Waals surface area contributed by atoms with E-state index in [1.165, 1.54) is 0 Å². The molecular formula is C12H15ClN4OS. The van der Waals surface area contributed by atoms with Gasteiger partial charge in [0.25, 0.3) is 0 Å². The number of carbonyl (C=O) groups is 1. The Balaban J connectivity index is 2.33. The molecule has 5 nitrogen and oxygen atoms in total. The molecule has 7 heteroatoms. The van der Waals surface area contributed by atoms with Gasteiger partial charge < -0.3 is 11.1 Å². The van der Waals surface area contributed by atoms with Gasteiger partial charge >= 0.3 is 0 Å². The molecule has 0 spiro atoms. The summed E-state index contributed by atoms with van der Waals surface area (Å²) in [5, 5.41) is 3.18. The molecule has 0 fully saturated rings. The van der Waals surface area contributed by atoms with Crippen LogP contribution in [0.4, 0.5) is 5.69 Å². The summed E-state index contributed by atoms with van der Waals surface area (Å²) in [5.74, 6) is -0.282. The monoisotopic (exact) mass is 298 g/mol. The molecule has 0 aliphatic rings. The molecule has 0 saturated heterocycles. The van der Waals surface area contributed by atoms with Crippen LogP contribution >= 0.6 is 23.3 Å². The fraction of sp³-hybridized carbons (Fsp3) is 0.417. The third kappa shape index (κ3) is 2.86. The average Bonchev–Trinajstić information content (AvgIpc) is 2.78. The lowest BCUT2D eigenvalue weighted by atomic mass is 9.87. The normalized spacial score (nSPS) is 13.5. The Morgan fingerprint density at radius 2 is 2.11 bits per heavy atom. The van der Waals surface area contributed by atoms with Crippen LogP contribution in [0.5, 0.6) is 0 Å². The molecule has 1 atom stereocenters. The van der Waals surface area contributed by atoms with E-state index in [1.807, 2.05) is 20.8 Å². The van der Waals surface area contributed by atoms with Crippen LogP contribution in [0.2, 0.25) is 5.02 Å². The van der Waals surface area contributed by atoms with Crippen molar-refractivity contribution in [3.8, 4) is 0 Å². The Hall–Kier alpha value is -1.24. The smallest absolute Gasteiger partial charge is 0.241 e. The maximum Gasteiger partial charge on any atom is 0.241 e. The zero-order chi connectivity index (χ0) is 14.2. The largest absolute Gasteiger partial charge is 0.322 e. The summed E-state index contributed by atoms with van der Waals surface area (Å²) < 4.78 is 8.26. The molecule has 0 radical (unpaired) electrons. The van der Waals surface area contributed by atoms with E-state index in [1.54, 1.807) is 12.1 Å². The average molecular weight is 299 g/mol. The third-order valence-electron chi connectivity index (χ3n) is 2.84. The number of amides is 1. The number of carbonyl (C=O) groups excluding carboxylic acids is 1. The zero-order valence-electron chi connectivity index (χ0n) is 10.9. The van der Waals surface area contributed by atoms with Crippen LogP contribution in [0.3, 0.4) is 0 Å². The van der Waals surface area contributed by atoms with Crippen LogP contribution in [0.15, 0.2) is 12.1 Å². The molecule has 102 valence electrons. The summed E-state index contributed by atoms with van der Waals surface area (Å²) in [6, 6.07) is 2.81. The lowest BCUT2D eigenvalue weighted by Gasteiger charge is -2.26. The minimum atomic E-state index is -0.634. The molecule has 1 heterocycles. The number of nitrogens with one attached hydrogen (secondary N) is 1. The SMILES string of the molecule is CC(C)(C)C(N)C(=O)Nc1c(Cl)ccc2nsnc12. The molecule has 0 aliphatic heterocycles. The van der Waals surface area contributed by atoms with Crippen molar-refractivity contribution in [1.82, 2.24) is 8.75 Å². The molecule has 19 heavy (non-hydrogen) atoms. The van der Waals surface area contributed by atoms with E-state index in [4.69, 9.17) is 17.3 Å². The second kappa shape index (κ2) is 5.03. The second-order valence-electron chi connectivity index (χ2n) is 5.39. The van der Waals surface area contributed by atoms with Crippen molar-refractivity contribution in [1.29, 1.82) is 0 Å². The van der Waals surface area contributed by atoms with E-state index in [9.17, 15) is 4.79 Å². The lowest BCUT2D eigenvalue weighted by Crippen LogP contribution is -2.45. The Morgan fingerprint density at radius 3 is 2.74 bits per heavy atom. The van der Waals surface area contributed by atoms with Gasteiger partial charge in [-0.25, -0.2) is 0 Å². The van der Waals surface area contributed by atoms with E-state index in [2.05, 4.69) is 14.1 Å². The number of fused-ring (bicyclic) bond motifs is 1. The fourth-order valence-electron chi connectivity index (χ4n) is 1.54. The van der Waals surface area contributed by atoms with Crippen molar-refractivity contribution in [2.45, 2.75) is 26.8 Å². The van der Waals surface area contributed by atoms with E-state index in [0.717, 1.165) is 11.7 Å². The van der Waals surface area contributed by atoms with Crippen LogP contribution in [-0.2, 0) is 4.79 Å². The van der Waals surface area contributed by atoms with Crippen LogP contribution in [0, 0.1) is 5.41 Å². The molecule has 0 saturated carbocycles. The second-order valence-corrected chi connectivity index (χ2v) is 6.32. The predicted molar refractivity (Wildman–Crippen MR) is 78.5 cm³/mol. The van der Waals surface area contributed by atoms with Gasteiger partial charge in [0.2, 0.25) is 5.91 Å². The zero-order valence-corrected chi connectivity index (χ0v) is 12.5. The maximum atomic E-state index is 12.1. The Kier molecular flexibility index (Phi) is 3.75. The lowest BCUT2D eigenvalue weighted by molar-refractivity contribution is -0.119. The van der Waals surface area contributed by atoms with Gasteiger partial charge in [-0.1, -0.05) is 32.4 Å². The summed E-state index contributed by atoms with van der Waals surface area (Å²) >= 11 is 7.18. The number of halogens is 1. The summed E-state index contributed by atoms with van der Waals surface area (Å²) in [4.78, 5) is 12.1. The quantitative estimate of drug-likeness (QED) is 0.893. The molecule has 1 unspecified atom stereocenters. The highest BCUT2D eigenvalue weighted by atomic mass is 35.5. The van der Waals surface area contributed by atoms with E-state index in [0.29, 0.717) is 21.7 Å². The van der Waals surface area contributed by atoms with Crippen molar-refractivity contribution < 1.29 is 4.79 Å². The molecule has 1 amide bonds. The predicted octanol–water partition coefficient (Wildman–Crippen LogP) is 2.66. The van der Waals surface area contributed by atoms with Gasteiger partial charge in [-0.05, 0) is 17.5 Å². The summed E-state index contributed by atoms with van der Waals surface area (Å²) in [6.45, 7) is 5.72. The van der Waals surface area contributed by atoms with Crippen LogP contribution in [0.25, 0.3) is 11.0 Å². The number of hydrogen-bond acceptors (Lipinski definition) is 5. The molecule has 0 bridgehead atoms. The molecule has 0 aliphatic carbocycles. The maximum absolute atomic E-state index is 12.1. The first kappa shape index (κ1) is 14.2. The summed E-state index contributed by atoms with van der Waals surface area (Å²) in [7, 11) is 0. The number of aromatic nitrogens is 2. The van der Waals surface area contributed by atoms with Crippen molar-refractivity contribution in [3.05, 3.63) is 17.2 Å². The molecule has 1 aromatic carbocycles. The highest BCUT2D eigenvalue weighted by Crippen LogP contribution is 2.30. The topological polar surface area (TPSA) is 80.9 Å². The number of anilines is 1. The van der Waals surface area contributed by atoms with Gasteiger partial charge in [-0.15, -0.1) is 0 Å². The highest BCUT2D eigenvalue weighted by molar-refractivity contribution is 7.00. The molecule has 1 aromatic heterocycles. The summed E-state index contributed by atoms with van der Waals surface area (Å²) in [5.41, 5.74) is 7.36.